The van der Waals surface area contributed by atoms with Crippen LogP contribution in [0.4, 0.5) is 5.69 Å². The van der Waals surface area contributed by atoms with Gasteiger partial charge in [0.1, 0.15) is 6.54 Å². The third kappa shape index (κ3) is 4.14. The molecule has 0 N–H and O–H groups in total. The second-order valence-electron chi connectivity index (χ2n) is 6.51. The number of amides is 1. The molecule has 0 fully saturated rings. The number of benzene rings is 2. The van der Waals surface area contributed by atoms with Gasteiger partial charge in [-0.1, -0.05) is 35.9 Å². The number of carbonyl (C=O) groups excluding carboxylic acids is 1. The van der Waals surface area contributed by atoms with Crippen LogP contribution in [0.2, 0.25) is 0 Å². The van der Waals surface area contributed by atoms with E-state index in [4.69, 9.17) is 0 Å². The first-order valence-corrected chi connectivity index (χ1v) is 9.01. The van der Waals surface area contributed by atoms with Crippen LogP contribution in [0.3, 0.4) is 0 Å². The maximum absolute atomic E-state index is 12.8. The molecule has 27 heavy (non-hydrogen) atoms. The molecule has 0 spiro atoms. The highest BCUT2D eigenvalue weighted by atomic mass is 16.2. The molecule has 0 radical (unpaired) electrons. The highest BCUT2D eigenvalue weighted by Gasteiger charge is 2.16. The van der Waals surface area contributed by atoms with Crippen LogP contribution in [-0.2, 0) is 11.3 Å². The van der Waals surface area contributed by atoms with Crippen LogP contribution in [0.5, 0.6) is 0 Å². The maximum atomic E-state index is 12.8. The lowest BCUT2D eigenvalue weighted by molar-refractivity contribution is -0.119. The molecule has 2 aromatic carbocycles. The molecule has 5 nitrogen and oxygen atoms in total. The highest BCUT2D eigenvalue weighted by Crippen LogP contribution is 2.21. The number of aromatic nitrogens is 2. The Balaban J connectivity index is 1.92. The molecule has 0 atom stereocenters. The van der Waals surface area contributed by atoms with Gasteiger partial charge in [0.05, 0.1) is 5.69 Å². The Morgan fingerprint density at radius 3 is 2.48 bits per heavy atom. The molecule has 3 rings (SSSR count). The van der Waals surface area contributed by atoms with Crippen LogP contribution in [0.15, 0.2) is 65.5 Å². The fraction of sp³-hybridized carbons (Fsp3) is 0.227. The van der Waals surface area contributed by atoms with E-state index in [1.807, 2.05) is 69.3 Å². The summed E-state index contributed by atoms with van der Waals surface area (Å²) < 4.78 is 1.24. The van der Waals surface area contributed by atoms with Crippen LogP contribution < -0.4 is 10.5 Å². The van der Waals surface area contributed by atoms with E-state index in [1.54, 1.807) is 11.0 Å². The third-order valence-electron chi connectivity index (χ3n) is 4.51. The molecule has 5 heteroatoms. The van der Waals surface area contributed by atoms with Gasteiger partial charge in [0.15, 0.2) is 0 Å². The summed E-state index contributed by atoms with van der Waals surface area (Å²) in [4.78, 5) is 26.7. The lowest BCUT2D eigenvalue weighted by Gasteiger charge is -2.21. The molecule has 0 aliphatic rings. The fourth-order valence-corrected chi connectivity index (χ4v) is 3.04. The quantitative estimate of drug-likeness (QED) is 0.698. The topological polar surface area (TPSA) is 55.2 Å². The van der Waals surface area contributed by atoms with Crippen molar-refractivity contribution in [3.63, 3.8) is 0 Å². The van der Waals surface area contributed by atoms with Gasteiger partial charge in [-0.2, -0.15) is 5.10 Å². The molecule has 0 saturated carbocycles. The smallest absolute Gasteiger partial charge is 0.267 e. The van der Waals surface area contributed by atoms with Crippen molar-refractivity contribution in [1.29, 1.82) is 0 Å². The predicted octanol–water partition coefficient (Wildman–Crippen LogP) is 3.58. The van der Waals surface area contributed by atoms with Gasteiger partial charge in [0.25, 0.3) is 5.56 Å². The van der Waals surface area contributed by atoms with Crippen molar-refractivity contribution >= 4 is 11.6 Å². The Morgan fingerprint density at radius 1 is 1.04 bits per heavy atom. The van der Waals surface area contributed by atoms with Crippen molar-refractivity contribution in [2.75, 3.05) is 11.4 Å². The summed E-state index contributed by atoms with van der Waals surface area (Å²) in [5.41, 5.74) is 4.36. The minimum Gasteiger partial charge on any atom is -0.311 e. The van der Waals surface area contributed by atoms with Gasteiger partial charge >= 0.3 is 0 Å². The summed E-state index contributed by atoms with van der Waals surface area (Å²) in [6.07, 6.45) is 0. The molecular formula is C22H23N3O2. The molecule has 1 aromatic heterocycles. The van der Waals surface area contributed by atoms with E-state index >= 15 is 0 Å². The molecule has 0 unspecified atom stereocenters. The Bertz CT molecular complexity index is 1010. The van der Waals surface area contributed by atoms with Gasteiger partial charge in [0, 0.05) is 23.9 Å². The lowest BCUT2D eigenvalue weighted by Crippen LogP contribution is -2.37. The summed E-state index contributed by atoms with van der Waals surface area (Å²) in [5.74, 6) is -0.170. The third-order valence-corrected chi connectivity index (χ3v) is 4.51. The average molecular weight is 361 g/mol. The molecular weight excluding hydrogens is 338 g/mol. The van der Waals surface area contributed by atoms with Crippen LogP contribution in [0.25, 0.3) is 11.3 Å². The lowest BCUT2D eigenvalue weighted by atomic mass is 10.0. The number of rotatable bonds is 5. The first-order valence-electron chi connectivity index (χ1n) is 9.01. The first-order chi connectivity index (χ1) is 13.0. The Kier molecular flexibility index (Phi) is 5.50. The maximum Gasteiger partial charge on any atom is 0.267 e. The number of anilines is 1. The molecule has 0 bridgehead atoms. The highest BCUT2D eigenvalue weighted by molar-refractivity contribution is 5.93. The van der Waals surface area contributed by atoms with Crippen molar-refractivity contribution in [3.05, 3.63) is 82.1 Å². The van der Waals surface area contributed by atoms with E-state index in [0.29, 0.717) is 12.2 Å². The summed E-state index contributed by atoms with van der Waals surface area (Å²) in [6.45, 7) is 6.36. The van der Waals surface area contributed by atoms with E-state index in [1.165, 1.54) is 10.7 Å². The average Bonchev–Trinajstić information content (AvgIpc) is 2.67. The van der Waals surface area contributed by atoms with Gasteiger partial charge in [-0.3, -0.25) is 9.59 Å². The number of nitrogens with zero attached hydrogens (tertiary/aromatic N) is 3. The van der Waals surface area contributed by atoms with E-state index in [2.05, 4.69) is 5.10 Å². The largest absolute Gasteiger partial charge is 0.311 e. The molecule has 0 saturated heterocycles. The van der Waals surface area contributed by atoms with Crippen molar-refractivity contribution in [1.82, 2.24) is 9.78 Å². The molecule has 1 heterocycles. The van der Waals surface area contributed by atoms with E-state index in [0.717, 1.165) is 22.4 Å². The van der Waals surface area contributed by atoms with Crippen molar-refractivity contribution in [2.24, 2.45) is 0 Å². The number of carbonyl (C=O) groups is 1. The van der Waals surface area contributed by atoms with Crippen molar-refractivity contribution in [2.45, 2.75) is 27.3 Å². The summed E-state index contributed by atoms with van der Waals surface area (Å²) in [6, 6.07) is 18.7. The van der Waals surface area contributed by atoms with Crippen LogP contribution in [0.1, 0.15) is 18.1 Å². The normalized spacial score (nSPS) is 10.6. The number of hydrogen-bond donors (Lipinski definition) is 0. The van der Waals surface area contributed by atoms with E-state index < -0.39 is 0 Å². The summed E-state index contributed by atoms with van der Waals surface area (Å²) >= 11 is 0. The number of likely N-dealkylation sites (N-methyl/N-ethyl adjacent to an activating group) is 1. The Morgan fingerprint density at radius 2 is 1.78 bits per heavy atom. The van der Waals surface area contributed by atoms with Gasteiger partial charge in [-0.05, 0) is 50.6 Å². The monoisotopic (exact) mass is 361 g/mol. The van der Waals surface area contributed by atoms with E-state index in [-0.39, 0.29) is 18.0 Å². The standard InChI is InChI=1S/C22H23N3O2/c1-4-24(18-8-6-5-7-9-18)22(27)15-25-21(26)13-12-20(23-25)19-14-16(2)10-11-17(19)3/h5-14H,4,15H2,1-3H3. The van der Waals surface area contributed by atoms with Gasteiger partial charge in [-0.25, -0.2) is 4.68 Å². The van der Waals surface area contributed by atoms with Crippen LogP contribution in [0, 0.1) is 13.8 Å². The molecule has 0 aliphatic heterocycles. The van der Waals surface area contributed by atoms with Crippen LogP contribution >= 0.6 is 0 Å². The van der Waals surface area contributed by atoms with E-state index in [9.17, 15) is 9.59 Å². The fourth-order valence-electron chi connectivity index (χ4n) is 3.04. The number of aryl methyl sites for hydroxylation is 2. The summed E-state index contributed by atoms with van der Waals surface area (Å²) in [5, 5.41) is 4.45. The zero-order chi connectivity index (χ0) is 19.4. The molecule has 138 valence electrons. The second kappa shape index (κ2) is 7.99. The molecule has 3 aromatic rings. The SMILES string of the molecule is CCN(C(=O)Cn1nc(-c2cc(C)ccc2C)ccc1=O)c1ccccc1. The van der Waals surface area contributed by atoms with Gasteiger partial charge < -0.3 is 4.90 Å². The molecule has 1 amide bonds. The zero-order valence-electron chi connectivity index (χ0n) is 15.8. The zero-order valence-corrected chi connectivity index (χ0v) is 15.8. The van der Waals surface area contributed by atoms with Crippen molar-refractivity contribution in [3.8, 4) is 11.3 Å². The minimum absolute atomic E-state index is 0.0970. The van der Waals surface area contributed by atoms with Gasteiger partial charge in [0.2, 0.25) is 5.91 Å². The summed E-state index contributed by atoms with van der Waals surface area (Å²) in [7, 11) is 0. The van der Waals surface area contributed by atoms with Gasteiger partial charge in [-0.15, -0.1) is 0 Å². The Hall–Kier alpha value is -3.21. The van der Waals surface area contributed by atoms with Crippen LogP contribution in [-0.4, -0.2) is 22.2 Å². The second-order valence-corrected chi connectivity index (χ2v) is 6.51. The number of hydrogen-bond acceptors (Lipinski definition) is 3. The number of para-hydroxylation sites is 1. The Labute approximate surface area is 158 Å². The first kappa shape index (κ1) is 18.6. The molecule has 0 aliphatic carbocycles. The predicted molar refractivity (Wildman–Crippen MR) is 108 cm³/mol. The van der Waals surface area contributed by atoms with Crippen molar-refractivity contribution < 1.29 is 4.79 Å². The minimum atomic E-state index is -0.290.